The number of hydrogen-bond acceptors (Lipinski definition) is 4. The van der Waals surface area contributed by atoms with Crippen molar-refractivity contribution >= 4 is 27.5 Å². The lowest BCUT2D eigenvalue weighted by Gasteiger charge is -2.26. The number of amides is 1. The van der Waals surface area contributed by atoms with Crippen LogP contribution >= 0.6 is 11.3 Å². The summed E-state index contributed by atoms with van der Waals surface area (Å²) in [6.07, 6.45) is 10.3. The quantitative estimate of drug-likeness (QED) is 0.856. The Labute approximate surface area is 159 Å². The minimum absolute atomic E-state index is 0.0674. The highest BCUT2D eigenvalue weighted by molar-refractivity contribution is 7.20. The lowest BCUT2D eigenvalue weighted by Crippen LogP contribution is -2.37. The first-order valence-corrected chi connectivity index (χ1v) is 11.0. The molecule has 0 atom stereocenters. The molecule has 142 valence electrons. The zero-order chi connectivity index (χ0) is 17.9. The summed E-state index contributed by atoms with van der Waals surface area (Å²) >= 11 is 1.61. The van der Waals surface area contributed by atoms with Gasteiger partial charge in [-0.05, 0) is 51.8 Å². The SMILES string of the molecule is Cc1nn(C2CCCCC2)c2sc(C(=O)NCCN3CCCCC3)cc12. The van der Waals surface area contributed by atoms with Gasteiger partial charge in [-0.25, -0.2) is 0 Å². The molecule has 2 aliphatic rings. The van der Waals surface area contributed by atoms with Gasteiger partial charge in [0.2, 0.25) is 0 Å². The van der Waals surface area contributed by atoms with Crippen molar-refractivity contribution in [3.63, 3.8) is 0 Å². The lowest BCUT2D eigenvalue weighted by atomic mass is 9.96. The molecule has 0 unspecified atom stereocenters. The Morgan fingerprint density at radius 3 is 2.69 bits per heavy atom. The van der Waals surface area contributed by atoms with Gasteiger partial charge >= 0.3 is 0 Å². The van der Waals surface area contributed by atoms with E-state index in [2.05, 4.69) is 21.8 Å². The number of fused-ring (bicyclic) bond motifs is 1. The zero-order valence-electron chi connectivity index (χ0n) is 15.8. The normalized spacial score (nSPS) is 19.9. The maximum Gasteiger partial charge on any atom is 0.261 e. The molecular weight excluding hydrogens is 344 g/mol. The van der Waals surface area contributed by atoms with E-state index >= 15 is 0 Å². The molecule has 0 spiro atoms. The fourth-order valence-electron chi connectivity index (χ4n) is 4.35. The van der Waals surface area contributed by atoms with Gasteiger partial charge in [0.1, 0.15) is 4.83 Å². The molecule has 1 saturated heterocycles. The minimum Gasteiger partial charge on any atom is -0.350 e. The van der Waals surface area contributed by atoms with E-state index in [1.165, 1.54) is 69.3 Å². The molecule has 5 nitrogen and oxygen atoms in total. The molecule has 1 aliphatic carbocycles. The number of rotatable bonds is 5. The third-order valence-electron chi connectivity index (χ3n) is 5.87. The number of piperidine rings is 1. The molecule has 1 aliphatic heterocycles. The molecular formula is C20H30N4OS. The Balaban J connectivity index is 1.42. The molecule has 0 radical (unpaired) electrons. The predicted molar refractivity (Wildman–Crippen MR) is 107 cm³/mol. The van der Waals surface area contributed by atoms with Crippen molar-refractivity contribution in [1.29, 1.82) is 0 Å². The smallest absolute Gasteiger partial charge is 0.261 e. The standard InChI is InChI=1S/C20H30N4OS/c1-15-17-14-18(19(25)21-10-13-23-11-6-3-7-12-23)26-20(17)24(22-15)16-8-4-2-5-9-16/h14,16H,2-13H2,1H3,(H,21,25). The van der Waals surface area contributed by atoms with E-state index in [0.29, 0.717) is 6.04 Å². The average Bonchev–Trinajstić information content (AvgIpc) is 3.24. The largest absolute Gasteiger partial charge is 0.350 e. The molecule has 2 aromatic heterocycles. The average molecular weight is 375 g/mol. The summed E-state index contributed by atoms with van der Waals surface area (Å²) in [6.45, 7) is 6.11. The van der Waals surface area contributed by atoms with Crippen LogP contribution < -0.4 is 5.32 Å². The molecule has 1 saturated carbocycles. The highest BCUT2D eigenvalue weighted by Gasteiger charge is 2.22. The fourth-order valence-corrected chi connectivity index (χ4v) is 5.50. The number of likely N-dealkylation sites (tertiary alicyclic amines) is 1. The van der Waals surface area contributed by atoms with Gasteiger partial charge in [0.15, 0.2) is 0 Å². The second-order valence-electron chi connectivity index (χ2n) is 7.81. The highest BCUT2D eigenvalue weighted by Crippen LogP contribution is 2.35. The molecule has 1 amide bonds. The van der Waals surface area contributed by atoms with Crippen LogP contribution in [-0.4, -0.2) is 46.8 Å². The van der Waals surface area contributed by atoms with Crippen molar-refractivity contribution in [3.8, 4) is 0 Å². The molecule has 26 heavy (non-hydrogen) atoms. The summed E-state index contributed by atoms with van der Waals surface area (Å²) in [5.41, 5.74) is 1.05. The lowest BCUT2D eigenvalue weighted by molar-refractivity contribution is 0.0950. The van der Waals surface area contributed by atoms with Crippen LogP contribution in [0.15, 0.2) is 6.07 Å². The van der Waals surface area contributed by atoms with E-state index in [0.717, 1.165) is 29.0 Å². The Morgan fingerprint density at radius 2 is 1.92 bits per heavy atom. The van der Waals surface area contributed by atoms with Crippen LogP contribution in [0.2, 0.25) is 0 Å². The number of aryl methyl sites for hydroxylation is 1. The molecule has 3 heterocycles. The topological polar surface area (TPSA) is 50.2 Å². The molecule has 0 aromatic carbocycles. The van der Waals surface area contributed by atoms with E-state index in [9.17, 15) is 4.79 Å². The van der Waals surface area contributed by atoms with Gasteiger partial charge in [-0.3, -0.25) is 9.48 Å². The van der Waals surface area contributed by atoms with E-state index in [-0.39, 0.29) is 5.91 Å². The minimum atomic E-state index is 0.0674. The second kappa shape index (κ2) is 8.09. The van der Waals surface area contributed by atoms with Crippen LogP contribution in [0.4, 0.5) is 0 Å². The van der Waals surface area contributed by atoms with Gasteiger partial charge < -0.3 is 10.2 Å². The van der Waals surface area contributed by atoms with Gasteiger partial charge in [-0.15, -0.1) is 11.3 Å². The Hall–Kier alpha value is -1.40. The van der Waals surface area contributed by atoms with E-state index < -0.39 is 0 Å². The number of nitrogens with one attached hydrogen (secondary N) is 1. The molecule has 6 heteroatoms. The molecule has 1 N–H and O–H groups in total. The van der Waals surface area contributed by atoms with Crippen molar-refractivity contribution in [2.24, 2.45) is 0 Å². The van der Waals surface area contributed by atoms with Gasteiger partial charge in [0.25, 0.3) is 5.91 Å². The summed E-state index contributed by atoms with van der Waals surface area (Å²) in [4.78, 5) is 17.1. The number of hydrogen-bond donors (Lipinski definition) is 1. The molecule has 2 fully saturated rings. The monoisotopic (exact) mass is 374 g/mol. The number of nitrogens with zero attached hydrogens (tertiary/aromatic N) is 3. The van der Waals surface area contributed by atoms with Crippen LogP contribution in [0.3, 0.4) is 0 Å². The third kappa shape index (κ3) is 3.81. The van der Waals surface area contributed by atoms with Crippen molar-refractivity contribution in [2.45, 2.75) is 64.3 Å². The maximum atomic E-state index is 12.6. The predicted octanol–water partition coefficient (Wildman–Crippen LogP) is 4.13. The maximum absolute atomic E-state index is 12.6. The summed E-state index contributed by atoms with van der Waals surface area (Å²) in [5.74, 6) is 0.0674. The van der Waals surface area contributed by atoms with Crippen molar-refractivity contribution in [1.82, 2.24) is 20.0 Å². The molecule has 2 aromatic rings. The van der Waals surface area contributed by atoms with E-state index in [1.54, 1.807) is 11.3 Å². The summed E-state index contributed by atoms with van der Waals surface area (Å²) in [5, 5.41) is 9.06. The first-order chi connectivity index (χ1) is 12.7. The van der Waals surface area contributed by atoms with Crippen molar-refractivity contribution in [3.05, 3.63) is 16.6 Å². The van der Waals surface area contributed by atoms with Crippen molar-refractivity contribution in [2.75, 3.05) is 26.2 Å². The van der Waals surface area contributed by atoms with Crippen LogP contribution in [-0.2, 0) is 0 Å². The summed E-state index contributed by atoms with van der Waals surface area (Å²) < 4.78 is 2.21. The first kappa shape index (κ1) is 18.0. The third-order valence-corrected chi connectivity index (χ3v) is 7.00. The van der Waals surface area contributed by atoms with E-state index in [4.69, 9.17) is 5.10 Å². The highest BCUT2D eigenvalue weighted by atomic mass is 32.1. The number of carbonyl (C=O) groups is 1. The fraction of sp³-hybridized carbons (Fsp3) is 0.700. The second-order valence-corrected chi connectivity index (χ2v) is 8.84. The number of thiophene rings is 1. The van der Waals surface area contributed by atoms with Gasteiger partial charge in [-0.2, -0.15) is 5.10 Å². The summed E-state index contributed by atoms with van der Waals surface area (Å²) in [7, 11) is 0. The number of carbonyl (C=O) groups excluding carboxylic acids is 1. The van der Waals surface area contributed by atoms with E-state index in [1.807, 2.05) is 6.07 Å². The Morgan fingerprint density at radius 1 is 1.19 bits per heavy atom. The summed E-state index contributed by atoms with van der Waals surface area (Å²) in [6, 6.07) is 2.55. The Bertz CT molecular complexity index is 753. The van der Waals surface area contributed by atoms with Crippen molar-refractivity contribution < 1.29 is 4.79 Å². The molecule has 4 rings (SSSR count). The van der Waals surface area contributed by atoms with Crippen LogP contribution in [0.25, 0.3) is 10.2 Å². The van der Waals surface area contributed by atoms with Crippen LogP contribution in [0, 0.1) is 6.92 Å². The van der Waals surface area contributed by atoms with Gasteiger partial charge in [0.05, 0.1) is 16.6 Å². The first-order valence-electron chi connectivity index (χ1n) is 10.2. The van der Waals surface area contributed by atoms with Crippen LogP contribution in [0.1, 0.15) is 72.8 Å². The van der Waals surface area contributed by atoms with Gasteiger partial charge in [-0.1, -0.05) is 25.7 Å². The molecule has 0 bridgehead atoms. The zero-order valence-corrected chi connectivity index (χ0v) is 16.6. The number of aromatic nitrogens is 2. The van der Waals surface area contributed by atoms with Crippen LogP contribution in [0.5, 0.6) is 0 Å². The van der Waals surface area contributed by atoms with Gasteiger partial charge in [0, 0.05) is 18.5 Å². The Kier molecular flexibility index (Phi) is 5.60.